The number of carbonyl (C=O) groups is 3. The predicted octanol–water partition coefficient (Wildman–Crippen LogP) is 6.63. The molecule has 0 aromatic heterocycles. The first-order chi connectivity index (χ1) is 25.0. The van der Waals surface area contributed by atoms with Crippen LogP contribution in [0.4, 0.5) is 4.79 Å². The molecule has 12 nitrogen and oxygen atoms in total. The van der Waals surface area contributed by atoms with Crippen molar-refractivity contribution in [3.63, 3.8) is 0 Å². The lowest BCUT2D eigenvalue weighted by Crippen LogP contribution is -2.57. The molecule has 4 heterocycles. The minimum atomic E-state index is -1.23. The van der Waals surface area contributed by atoms with Crippen molar-refractivity contribution >= 4 is 17.9 Å². The summed E-state index contributed by atoms with van der Waals surface area (Å²) in [6.07, 6.45) is -1.51. The first-order valence-corrected chi connectivity index (χ1v) is 20.2. The number of likely N-dealkylation sites (N-methyl/N-ethyl adjacent to an activating group) is 2. The number of nitrogens with zero attached hydrogens (tertiary/aromatic N) is 2. The maximum absolute atomic E-state index is 14.5. The Morgan fingerprint density at radius 3 is 2.15 bits per heavy atom. The third-order valence-corrected chi connectivity index (χ3v) is 13.0. The van der Waals surface area contributed by atoms with E-state index < -0.39 is 72.0 Å². The molecule has 0 spiro atoms. The predicted molar refractivity (Wildman–Crippen MR) is 206 cm³/mol. The molecule has 0 saturated carbocycles. The van der Waals surface area contributed by atoms with Gasteiger partial charge in [-0.3, -0.25) is 19.4 Å². The SMILES string of the molecule is C=CC1[C@H](C)O[C@@H](O[C@H]2[C@H](C)[C@@H](O[C@@H]3OC(C)C[C@H](N(C)C)C3=O)C(C)(C)C[C@@H](C)CN(C)[C@H](C)[C@@H]3OC(=O)O[C@]3(C)[C@@H](CC)OC(=O)[C@@H]2C)CC1(C)C. The maximum atomic E-state index is 14.5. The average molecular weight is 765 g/mol. The minimum Gasteiger partial charge on any atom is -0.458 e. The molecule has 310 valence electrons. The van der Waals surface area contributed by atoms with Gasteiger partial charge >= 0.3 is 12.1 Å². The van der Waals surface area contributed by atoms with E-state index >= 15 is 0 Å². The van der Waals surface area contributed by atoms with Crippen LogP contribution in [0.25, 0.3) is 0 Å². The standard InChI is InChI=1S/C42H72N2O10/c1-17-29-28(8)49-32(21-40(29,9)10)51-34-25(5)35(52-38-33(45)30(43(14)15)19-24(4)48-38)41(11,12)20-23(3)22-44(16)27(7)36-42(13,54-39(47)53-36)31(18-2)50-37(46)26(34)6/h17,23-32,34-36,38H,1,18-22H2,2-16H3/t23-,24?,25+,26-,27-,28+,29?,30+,31-,32+,34+,35-,36+,38+,42-/m1/s1. The zero-order valence-corrected chi connectivity index (χ0v) is 35.9. The van der Waals surface area contributed by atoms with Gasteiger partial charge in [0.1, 0.15) is 6.10 Å². The molecule has 4 aliphatic rings. The quantitative estimate of drug-likeness (QED) is 0.204. The van der Waals surface area contributed by atoms with Gasteiger partial charge in [0, 0.05) is 30.8 Å². The number of rotatable bonds is 7. The van der Waals surface area contributed by atoms with Crippen molar-refractivity contribution in [3.05, 3.63) is 12.7 Å². The van der Waals surface area contributed by atoms with Crippen molar-refractivity contribution in [2.24, 2.45) is 34.5 Å². The Balaban J connectivity index is 1.83. The minimum absolute atomic E-state index is 0.110. The zero-order chi connectivity index (χ0) is 40.7. The normalized spacial score (nSPS) is 44.0. The average Bonchev–Trinajstić information content (AvgIpc) is 3.37. The van der Waals surface area contributed by atoms with Gasteiger partial charge in [0.05, 0.1) is 36.4 Å². The number of fused-ring (bicyclic) bond motifs is 1. The van der Waals surface area contributed by atoms with Crippen molar-refractivity contribution < 1.29 is 47.5 Å². The van der Waals surface area contributed by atoms with E-state index in [1.54, 1.807) is 6.92 Å². The molecule has 0 bridgehead atoms. The lowest BCUT2D eigenvalue weighted by atomic mass is 9.71. The molecule has 12 heteroatoms. The fraction of sp³-hybridized carbons (Fsp3) is 0.881. The van der Waals surface area contributed by atoms with Gasteiger partial charge in [0.15, 0.2) is 18.0 Å². The lowest BCUT2D eigenvalue weighted by Gasteiger charge is -2.48. The highest BCUT2D eigenvalue weighted by Gasteiger charge is 2.58. The summed E-state index contributed by atoms with van der Waals surface area (Å²) in [5, 5.41) is 0. The van der Waals surface area contributed by atoms with Crippen LogP contribution < -0.4 is 0 Å². The number of carbonyl (C=O) groups excluding carboxylic acids is 3. The van der Waals surface area contributed by atoms with Crippen LogP contribution in [0.15, 0.2) is 12.7 Å². The van der Waals surface area contributed by atoms with Crippen LogP contribution in [0.3, 0.4) is 0 Å². The fourth-order valence-corrected chi connectivity index (χ4v) is 10.1. The van der Waals surface area contributed by atoms with Gasteiger partial charge in [-0.05, 0) is 91.8 Å². The van der Waals surface area contributed by atoms with Crippen LogP contribution in [0.5, 0.6) is 0 Å². The largest absolute Gasteiger partial charge is 0.509 e. The van der Waals surface area contributed by atoms with Gasteiger partial charge in [-0.15, -0.1) is 6.58 Å². The van der Waals surface area contributed by atoms with E-state index in [1.807, 2.05) is 73.7 Å². The van der Waals surface area contributed by atoms with Gasteiger partial charge in [0.2, 0.25) is 12.1 Å². The topological polar surface area (TPSA) is 122 Å². The second-order valence-electron chi connectivity index (χ2n) is 18.8. The van der Waals surface area contributed by atoms with Gasteiger partial charge in [-0.1, -0.05) is 54.5 Å². The second-order valence-corrected chi connectivity index (χ2v) is 18.8. The monoisotopic (exact) mass is 765 g/mol. The summed E-state index contributed by atoms with van der Waals surface area (Å²) >= 11 is 0. The molecule has 15 atom stereocenters. The van der Waals surface area contributed by atoms with Gasteiger partial charge in [0.25, 0.3) is 0 Å². The molecule has 4 saturated heterocycles. The van der Waals surface area contributed by atoms with Crippen LogP contribution in [0.1, 0.15) is 109 Å². The Morgan fingerprint density at radius 1 is 0.926 bits per heavy atom. The summed E-state index contributed by atoms with van der Waals surface area (Å²) in [4.78, 5) is 45.3. The molecule has 54 heavy (non-hydrogen) atoms. The zero-order valence-electron chi connectivity index (χ0n) is 35.9. The summed E-state index contributed by atoms with van der Waals surface area (Å²) in [5.74, 6) is -1.62. The summed E-state index contributed by atoms with van der Waals surface area (Å²) in [7, 11) is 5.81. The van der Waals surface area contributed by atoms with Gasteiger partial charge in [-0.2, -0.15) is 0 Å². The van der Waals surface area contributed by atoms with E-state index in [-0.39, 0.29) is 47.3 Å². The Labute approximate surface area is 325 Å². The third-order valence-electron chi connectivity index (χ3n) is 13.0. The van der Waals surface area contributed by atoms with Crippen molar-refractivity contribution in [1.82, 2.24) is 9.80 Å². The van der Waals surface area contributed by atoms with Crippen LogP contribution in [0, 0.1) is 34.5 Å². The Hall–Kier alpha value is -2.09. The number of ether oxygens (including phenoxy) is 7. The molecule has 4 aliphatic heterocycles. The molecule has 0 aliphatic carbocycles. The smallest absolute Gasteiger partial charge is 0.458 e. The Bertz CT molecular complexity index is 1340. The molecule has 0 aromatic rings. The van der Waals surface area contributed by atoms with E-state index in [2.05, 4.69) is 46.1 Å². The van der Waals surface area contributed by atoms with Crippen LogP contribution in [-0.2, 0) is 42.7 Å². The maximum Gasteiger partial charge on any atom is 0.509 e. The van der Waals surface area contributed by atoms with Crippen LogP contribution in [0.2, 0.25) is 0 Å². The highest BCUT2D eigenvalue weighted by atomic mass is 16.8. The number of cyclic esters (lactones) is 1. The van der Waals surface area contributed by atoms with Crippen LogP contribution in [-0.4, -0.2) is 122 Å². The Kier molecular flexibility index (Phi) is 14.2. The number of hydrogen-bond donors (Lipinski definition) is 0. The number of Topliss-reactive ketones (excluding diaryl/α,β-unsaturated/α-hetero) is 1. The van der Waals surface area contributed by atoms with E-state index in [9.17, 15) is 14.4 Å². The molecule has 2 unspecified atom stereocenters. The Morgan fingerprint density at radius 2 is 1.57 bits per heavy atom. The summed E-state index contributed by atoms with van der Waals surface area (Å²) in [6.45, 7) is 29.2. The summed E-state index contributed by atoms with van der Waals surface area (Å²) in [6, 6.07) is -0.606. The highest BCUT2D eigenvalue weighted by molar-refractivity contribution is 5.87. The molecule has 4 fully saturated rings. The second kappa shape index (κ2) is 17.2. The third kappa shape index (κ3) is 9.37. The summed E-state index contributed by atoms with van der Waals surface area (Å²) in [5.41, 5.74) is -1.95. The number of esters is 1. The lowest BCUT2D eigenvalue weighted by molar-refractivity contribution is -0.278. The number of ketones is 1. The molecule has 0 radical (unpaired) electrons. The van der Waals surface area contributed by atoms with Gasteiger partial charge in [-0.25, -0.2) is 4.79 Å². The van der Waals surface area contributed by atoms with E-state index in [1.165, 1.54) is 0 Å². The molecule has 0 aromatic carbocycles. The van der Waals surface area contributed by atoms with Gasteiger partial charge < -0.3 is 33.2 Å². The molecule has 0 amide bonds. The summed E-state index contributed by atoms with van der Waals surface area (Å²) < 4.78 is 44.8. The molecular formula is C42H72N2O10. The van der Waals surface area contributed by atoms with Crippen molar-refractivity contribution in [1.29, 1.82) is 0 Å². The first kappa shape index (κ1) is 44.6. The van der Waals surface area contributed by atoms with E-state index in [0.29, 0.717) is 32.2 Å². The number of hydrogen-bond acceptors (Lipinski definition) is 12. The first-order valence-electron chi connectivity index (χ1n) is 20.2. The van der Waals surface area contributed by atoms with Crippen molar-refractivity contribution in [2.45, 2.75) is 176 Å². The highest BCUT2D eigenvalue weighted by Crippen LogP contribution is 2.46. The van der Waals surface area contributed by atoms with E-state index in [0.717, 1.165) is 0 Å². The van der Waals surface area contributed by atoms with Crippen LogP contribution >= 0.6 is 0 Å². The van der Waals surface area contributed by atoms with Crippen molar-refractivity contribution in [2.75, 3.05) is 27.7 Å². The molecule has 4 rings (SSSR count). The molecule has 0 N–H and O–H groups in total. The fourth-order valence-electron chi connectivity index (χ4n) is 10.1. The molecular weight excluding hydrogens is 692 g/mol. The van der Waals surface area contributed by atoms with E-state index in [4.69, 9.17) is 33.2 Å². The van der Waals surface area contributed by atoms with Crippen molar-refractivity contribution in [3.8, 4) is 0 Å².